The number of Topliss-reactive ketones (excluding diaryl/α,β-unsaturated/α-hetero) is 1. The fraction of sp³-hybridized carbons (Fsp3) is 0.462. The van der Waals surface area contributed by atoms with Gasteiger partial charge in [-0.3, -0.25) is 14.9 Å². The number of hydrogen-bond donors (Lipinski definition) is 1. The first kappa shape index (κ1) is 14.6. The van der Waals surface area contributed by atoms with E-state index in [1.54, 1.807) is 13.8 Å². The number of ether oxygens (including phenoxy) is 2. The minimum atomic E-state index is -1.19. The van der Waals surface area contributed by atoms with Crippen molar-refractivity contribution < 1.29 is 24.3 Å². The molecule has 0 bridgehead atoms. The lowest BCUT2D eigenvalue weighted by atomic mass is 10.00. The van der Waals surface area contributed by atoms with Crippen LogP contribution in [-0.2, 0) is 14.3 Å². The Labute approximate surface area is 115 Å². The summed E-state index contributed by atoms with van der Waals surface area (Å²) < 4.78 is 10.6. The van der Waals surface area contributed by atoms with Crippen LogP contribution in [0.5, 0.6) is 0 Å². The summed E-state index contributed by atoms with van der Waals surface area (Å²) in [4.78, 5) is 21.8. The van der Waals surface area contributed by atoms with Crippen molar-refractivity contribution in [3.8, 4) is 0 Å². The zero-order chi connectivity index (χ0) is 14.9. The van der Waals surface area contributed by atoms with Gasteiger partial charge in [0.05, 0.1) is 4.92 Å². The molecule has 0 radical (unpaired) electrons. The zero-order valence-corrected chi connectivity index (χ0v) is 11.1. The van der Waals surface area contributed by atoms with E-state index in [2.05, 4.69) is 0 Å². The number of nitro benzene ring substituents is 1. The lowest BCUT2D eigenvalue weighted by molar-refractivity contribution is -0.384. The smallest absolute Gasteiger partial charge is 0.269 e. The number of non-ortho nitro benzene ring substituents is 1. The molecule has 2 atom stereocenters. The molecule has 1 aromatic rings. The SMILES string of the molecule is CC1(C)OCC(=O)[C@@H]([C@H](O)c2ccc([N+](=O)[O-])cc2)O1. The Morgan fingerprint density at radius 2 is 2.00 bits per heavy atom. The van der Waals surface area contributed by atoms with Gasteiger partial charge in [0.1, 0.15) is 12.7 Å². The highest BCUT2D eigenvalue weighted by atomic mass is 16.7. The van der Waals surface area contributed by atoms with Gasteiger partial charge in [0, 0.05) is 12.1 Å². The van der Waals surface area contributed by atoms with Gasteiger partial charge in [0.15, 0.2) is 17.7 Å². The monoisotopic (exact) mass is 281 g/mol. The predicted molar refractivity (Wildman–Crippen MR) is 68.0 cm³/mol. The van der Waals surface area contributed by atoms with Crippen molar-refractivity contribution >= 4 is 11.5 Å². The van der Waals surface area contributed by atoms with Gasteiger partial charge in [0.2, 0.25) is 0 Å². The molecule has 1 aliphatic rings. The summed E-state index contributed by atoms with van der Waals surface area (Å²) in [5.41, 5.74) is 0.298. The fourth-order valence-electron chi connectivity index (χ4n) is 1.94. The molecule has 108 valence electrons. The third-order valence-corrected chi connectivity index (χ3v) is 3.02. The van der Waals surface area contributed by atoms with Crippen LogP contribution in [0.25, 0.3) is 0 Å². The number of hydrogen-bond acceptors (Lipinski definition) is 6. The van der Waals surface area contributed by atoms with Crippen molar-refractivity contribution in [1.82, 2.24) is 0 Å². The van der Waals surface area contributed by atoms with E-state index >= 15 is 0 Å². The lowest BCUT2D eigenvalue weighted by Crippen LogP contribution is -2.48. The van der Waals surface area contributed by atoms with Crippen LogP contribution in [0, 0.1) is 10.1 Å². The second kappa shape index (κ2) is 5.28. The number of aliphatic hydroxyl groups is 1. The molecule has 0 aliphatic carbocycles. The molecule has 7 nitrogen and oxygen atoms in total. The molecular formula is C13H15NO6. The highest BCUT2D eigenvalue weighted by Crippen LogP contribution is 2.29. The number of carbonyl (C=O) groups excluding carboxylic acids is 1. The van der Waals surface area contributed by atoms with E-state index in [9.17, 15) is 20.0 Å². The topological polar surface area (TPSA) is 98.9 Å². The van der Waals surface area contributed by atoms with Crippen molar-refractivity contribution in [1.29, 1.82) is 0 Å². The second-order valence-corrected chi connectivity index (χ2v) is 4.99. The largest absolute Gasteiger partial charge is 0.385 e. The minimum absolute atomic E-state index is 0.0829. The summed E-state index contributed by atoms with van der Waals surface area (Å²) in [6.45, 7) is 3.16. The highest BCUT2D eigenvalue weighted by Gasteiger charge is 2.39. The summed E-state index contributed by atoms with van der Waals surface area (Å²) in [5.74, 6) is -1.32. The minimum Gasteiger partial charge on any atom is -0.385 e. The van der Waals surface area contributed by atoms with E-state index in [1.165, 1.54) is 24.3 Å². The Hall–Kier alpha value is -1.83. The van der Waals surface area contributed by atoms with Gasteiger partial charge in [-0.2, -0.15) is 0 Å². The number of carbonyl (C=O) groups is 1. The van der Waals surface area contributed by atoms with Crippen LogP contribution in [0.2, 0.25) is 0 Å². The summed E-state index contributed by atoms with van der Waals surface area (Å²) in [5, 5.41) is 20.8. The maximum atomic E-state index is 11.8. The first-order valence-corrected chi connectivity index (χ1v) is 6.07. The number of nitrogens with zero attached hydrogens (tertiary/aromatic N) is 1. The first-order valence-electron chi connectivity index (χ1n) is 6.07. The average Bonchev–Trinajstić information content (AvgIpc) is 2.41. The van der Waals surface area contributed by atoms with E-state index in [0.717, 1.165) is 0 Å². The third-order valence-electron chi connectivity index (χ3n) is 3.02. The van der Waals surface area contributed by atoms with Gasteiger partial charge in [-0.25, -0.2) is 0 Å². The predicted octanol–water partition coefficient (Wildman–Crippen LogP) is 1.35. The fourth-order valence-corrected chi connectivity index (χ4v) is 1.94. The van der Waals surface area contributed by atoms with Crippen molar-refractivity contribution in [2.45, 2.75) is 31.8 Å². The Morgan fingerprint density at radius 1 is 1.40 bits per heavy atom. The molecule has 0 saturated carbocycles. The zero-order valence-electron chi connectivity index (χ0n) is 11.1. The molecule has 1 N–H and O–H groups in total. The van der Waals surface area contributed by atoms with E-state index in [0.29, 0.717) is 5.56 Å². The van der Waals surface area contributed by atoms with Crippen LogP contribution in [0.3, 0.4) is 0 Å². The van der Waals surface area contributed by atoms with Gasteiger partial charge >= 0.3 is 0 Å². The summed E-state index contributed by atoms with van der Waals surface area (Å²) in [6, 6.07) is 5.35. The van der Waals surface area contributed by atoms with Crippen LogP contribution in [0.15, 0.2) is 24.3 Å². The normalized spacial score (nSPS) is 23.4. The Balaban J connectivity index is 2.19. The third kappa shape index (κ3) is 3.01. The van der Waals surface area contributed by atoms with E-state index in [1.807, 2.05) is 0 Å². The molecule has 1 saturated heterocycles. The summed E-state index contributed by atoms with van der Waals surface area (Å²) in [7, 11) is 0. The van der Waals surface area contributed by atoms with Gasteiger partial charge in [-0.1, -0.05) is 0 Å². The van der Waals surface area contributed by atoms with E-state index in [-0.39, 0.29) is 18.1 Å². The van der Waals surface area contributed by atoms with Crippen molar-refractivity contribution in [3.05, 3.63) is 39.9 Å². The number of benzene rings is 1. The maximum Gasteiger partial charge on any atom is 0.269 e. The average molecular weight is 281 g/mol. The van der Waals surface area contributed by atoms with Gasteiger partial charge in [-0.15, -0.1) is 0 Å². The summed E-state index contributed by atoms with van der Waals surface area (Å²) in [6.07, 6.45) is -2.23. The number of aliphatic hydroxyl groups excluding tert-OH is 1. The van der Waals surface area contributed by atoms with Crippen molar-refractivity contribution in [3.63, 3.8) is 0 Å². The Morgan fingerprint density at radius 3 is 2.55 bits per heavy atom. The molecule has 0 aromatic heterocycles. The molecule has 7 heteroatoms. The molecule has 1 aromatic carbocycles. The lowest BCUT2D eigenvalue weighted by Gasteiger charge is -2.36. The number of rotatable bonds is 3. The number of nitro groups is 1. The molecule has 1 aliphatic heterocycles. The first-order chi connectivity index (χ1) is 9.30. The van der Waals surface area contributed by atoms with Crippen LogP contribution >= 0.6 is 0 Å². The standard InChI is InChI=1S/C13H15NO6/c1-13(2)19-7-10(15)12(20-13)11(16)8-3-5-9(6-4-8)14(17)18/h3-6,11-12,16H,7H2,1-2H3/t11-,12+/m1/s1. The Kier molecular flexibility index (Phi) is 3.85. The number of ketones is 1. The van der Waals surface area contributed by atoms with Crippen LogP contribution in [-0.4, -0.2) is 34.3 Å². The molecule has 1 fully saturated rings. The van der Waals surface area contributed by atoms with Gasteiger partial charge < -0.3 is 14.6 Å². The maximum absolute atomic E-state index is 11.8. The van der Waals surface area contributed by atoms with Crippen LogP contribution in [0.4, 0.5) is 5.69 Å². The molecular weight excluding hydrogens is 266 g/mol. The van der Waals surface area contributed by atoms with Gasteiger partial charge in [0.25, 0.3) is 5.69 Å². The van der Waals surface area contributed by atoms with Crippen molar-refractivity contribution in [2.75, 3.05) is 6.61 Å². The van der Waals surface area contributed by atoms with Gasteiger partial charge in [-0.05, 0) is 31.5 Å². The van der Waals surface area contributed by atoms with Crippen molar-refractivity contribution in [2.24, 2.45) is 0 Å². The summed E-state index contributed by atoms with van der Waals surface area (Å²) >= 11 is 0. The molecule has 1 heterocycles. The molecule has 20 heavy (non-hydrogen) atoms. The highest BCUT2D eigenvalue weighted by molar-refractivity contribution is 5.85. The quantitative estimate of drug-likeness (QED) is 0.663. The molecule has 0 amide bonds. The Bertz CT molecular complexity index is 524. The van der Waals surface area contributed by atoms with Crippen LogP contribution in [0.1, 0.15) is 25.5 Å². The van der Waals surface area contributed by atoms with E-state index in [4.69, 9.17) is 9.47 Å². The molecule has 0 unspecified atom stereocenters. The molecule has 2 rings (SSSR count). The van der Waals surface area contributed by atoms with Crippen LogP contribution < -0.4 is 0 Å². The second-order valence-electron chi connectivity index (χ2n) is 4.99. The molecule has 0 spiro atoms. The van der Waals surface area contributed by atoms with E-state index < -0.39 is 22.9 Å².